The standard InChI is InChI=1S/C8H9ClOS/c1-6-3-4-7(10-2)8(5-6)11-9/h3-5H,1-2H3. The van der Waals surface area contributed by atoms with E-state index in [4.69, 9.17) is 15.4 Å². The fourth-order valence-electron chi connectivity index (χ4n) is 0.844. The first kappa shape index (κ1) is 8.75. The highest BCUT2D eigenvalue weighted by Crippen LogP contribution is 2.32. The molecule has 0 spiro atoms. The molecule has 11 heavy (non-hydrogen) atoms. The van der Waals surface area contributed by atoms with Crippen LogP contribution in [0.15, 0.2) is 23.1 Å². The summed E-state index contributed by atoms with van der Waals surface area (Å²) in [5.74, 6) is 0.829. The molecule has 1 aromatic carbocycles. The summed E-state index contributed by atoms with van der Waals surface area (Å²) in [6.45, 7) is 2.02. The van der Waals surface area contributed by atoms with Gasteiger partial charge in [-0.2, -0.15) is 0 Å². The Morgan fingerprint density at radius 1 is 1.45 bits per heavy atom. The quantitative estimate of drug-likeness (QED) is 0.705. The van der Waals surface area contributed by atoms with Crippen LogP contribution in [0.25, 0.3) is 0 Å². The average Bonchev–Trinajstić information content (AvgIpc) is 2.04. The van der Waals surface area contributed by atoms with Gasteiger partial charge in [0, 0.05) is 0 Å². The van der Waals surface area contributed by atoms with Gasteiger partial charge in [-0.1, -0.05) is 6.07 Å². The third-order valence-corrected chi connectivity index (χ3v) is 2.39. The van der Waals surface area contributed by atoms with E-state index >= 15 is 0 Å². The zero-order chi connectivity index (χ0) is 8.27. The normalized spacial score (nSPS) is 9.73. The second-order valence-electron chi connectivity index (χ2n) is 2.23. The molecule has 1 nitrogen and oxygen atoms in total. The Morgan fingerprint density at radius 2 is 2.18 bits per heavy atom. The Hall–Kier alpha value is -0.340. The van der Waals surface area contributed by atoms with Crippen molar-refractivity contribution in [2.75, 3.05) is 7.11 Å². The van der Waals surface area contributed by atoms with Gasteiger partial charge in [0.25, 0.3) is 0 Å². The molecule has 0 bridgehead atoms. The van der Waals surface area contributed by atoms with Gasteiger partial charge in [0.1, 0.15) is 5.75 Å². The van der Waals surface area contributed by atoms with Gasteiger partial charge in [0.15, 0.2) is 0 Å². The van der Waals surface area contributed by atoms with Crippen molar-refractivity contribution in [1.29, 1.82) is 0 Å². The molecule has 0 radical (unpaired) electrons. The van der Waals surface area contributed by atoms with Crippen molar-refractivity contribution in [3.05, 3.63) is 23.8 Å². The maximum Gasteiger partial charge on any atom is 0.133 e. The van der Waals surface area contributed by atoms with Crippen molar-refractivity contribution in [3.63, 3.8) is 0 Å². The molecule has 1 rings (SSSR count). The van der Waals surface area contributed by atoms with Gasteiger partial charge < -0.3 is 4.74 Å². The molecule has 0 saturated heterocycles. The number of methoxy groups -OCH3 is 1. The Labute approximate surface area is 75.2 Å². The van der Waals surface area contributed by atoms with Crippen LogP contribution >= 0.6 is 21.7 Å². The van der Waals surface area contributed by atoms with Crippen molar-refractivity contribution in [2.45, 2.75) is 11.8 Å². The highest BCUT2D eigenvalue weighted by atomic mass is 35.7. The van der Waals surface area contributed by atoms with Crippen LogP contribution in [0.4, 0.5) is 0 Å². The van der Waals surface area contributed by atoms with E-state index in [1.807, 2.05) is 25.1 Å². The molecule has 0 aliphatic rings. The highest BCUT2D eigenvalue weighted by Gasteiger charge is 2.00. The molecule has 0 saturated carbocycles. The number of ether oxygens (including phenoxy) is 1. The Bertz CT molecular complexity index is 250. The largest absolute Gasteiger partial charge is 0.496 e. The summed E-state index contributed by atoms with van der Waals surface area (Å²) in [6.07, 6.45) is 0. The fourth-order valence-corrected chi connectivity index (χ4v) is 1.66. The van der Waals surface area contributed by atoms with Gasteiger partial charge >= 0.3 is 0 Å². The third-order valence-electron chi connectivity index (χ3n) is 1.40. The molecule has 0 aliphatic carbocycles. The Morgan fingerprint density at radius 3 is 2.73 bits per heavy atom. The lowest BCUT2D eigenvalue weighted by atomic mass is 10.2. The third kappa shape index (κ3) is 2.04. The second kappa shape index (κ2) is 3.88. The minimum Gasteiger partial charge on any atom is -0.496 e. The van der Waals surface area contributed by atoms with Gasteiger partial charge in [-0.15, -0.1) is 0 Å². The lowest BCUT2D eigenvalue weighted by Gasteiger charge is -2.04. The van der Waals surface area contributed by atoms with Gasteiger partial charge in [0.2, 0.25) is 0 Å². The smallest absolute Gasteiger partial charge is 0.133 e. The summed E-state index contributed by atoms with van der Waals surface area (Å²) in [4.78, 5) is 0.967. The van der Waals surface area contributed by atoms with E-state index in [1.54, 1.807) is 7.11 Å². The van der Waals surface area contributed by atoms with Crippen molar-refractivity contribution < 1.29 is 4.74 Å². The van der Waals surface area contributed by atoms with Crippen LogP contribution in [0.3, 0.4) is 0 Å². The van der Waals surface area contributed by atoms with Gasteiger partial charge in [-0.3, -0.25) is 0 Å². The number of hydrogen-bond donors (Lipinski definition) is 0. The average molecular weight is 189 g/mol. The lowest BCUT2D eigenvalue weighted by molar-refractivity contribution is 0.405. The van der Waals surface area contributed by atoms with Crippen LogP contribution in [0.2, 0.25) is 0 Å². The van der Waals surface area contributed by atoms with Crippen molar-refractivity contribution in [3.8, 4) is 5.75 Å². The Kier molecular flexibility index (Phi) is 3.09. The van der Waals surface area contributed by atoms with Crippen LogP contribution in [0.1, 0.15) is 5.56 Å². The van der Waals surface area contributed by atoms with Crippen LogP contribution in [0.5, 0.6) is 5.75 Å². The number of rotatable bonds is 2. The molecule has 0 fully saturated rings. The second-order valence-corrected chi connectivity index (χ2v) is 3.29. The summed E-state index contributed by atoms with van der Waals surface area (Å²) >= 11 is 0. The molecule has 3 heteroatoms. The van der Waals surface area contributed by atoms with Crippen molar-refractivity contribution in [1.82, 2.24) is 0 Å². The lowest BCUT2D eigenvalue weighted by Crippen LogP contribution is -1.85. The summed E-state index contributed by atoms with van der Waals surface area (Å²) < 4.78 is 5.09. The predicted molar refractivity (Wildman–Crippen MR) is 49.4 cm³/mol. The molecular formula is C8H9ClOS. The summed E-state index contributed by atoms with van der Waals surface area (Å²) in [7, 11) is 8.44. The number of hydrogen-bond acceptors (Lipinski definition) is 2. The maximum absolute atomic E-state index is 5.62. The molecule has 0 aromatic heterocycles. The van der Waals surface area contributed by atoms with Crippen LogP contribution < -0.4 is 4.74 Å². The van der Waals surface area contributed by atoms with E-state index in [9.17, 15) is 0 Å². The van der Waals surface area contributed by atoms with Crippen LogP contribution in [-0.2, 0) is 0 Å². The van der Waals surface area contributed by atoms with E-state index in [0.717, 1.165) is 10.6 Å². The van der Waals surface area contributed by atoms with Gasteiger partial charge in [0.05, 0.1) is 12.0 Å². The molecule has 0 atom stereocenters. The van der Waals surface area contributed by atoms with E-state index in [-0.39, 0.29) is 0 Å². The Balaban J connectivity index is 3.06. The fraction of sp³-hybridized carbons (Fsp3) is 0.250. The summed E-state index contributed by atoms with van der Waals surface area (Å²) in [5.41, 5.74) is 1.19. The molecular weight excluding hydrogens is 180 g/mol. The maximum atomic E-state index is 5.62. The van der Waals surface area contributed by atoms with Crippen LogP contribution in [0, 0.1) is 6.92 Å². The SMILES string of the molecule is COc1ccc(C)cc1SCl. The number of aryl methyl sites for hydroxylation is 1. The zero-order valence-corrected chi connectivity index (χ0v) is 8.00. The summed E-state index contributed by atoms with van der Waals surface area (Å²) in [5, 5.41) is 0. The number of benzene rings is 1. The minimum absolute atomic E-state index is 0.829. The number of halogens is 1. The van der Waals surface area contributed by atoms with E-state index < -0.39 is 0 Å². The molecule has 0 heterocycles. The van der Waals surface area contributed by atoms with Crippen molar-refractivity contribution in [2.24, 2.45) is 0 Å². The monoisotopic (exact) mass is 188 g/mol. The van der Waals surface area contributed by atoms with E-state index in [2.05, 4.69) is 0 Å². The first-order valence-corrected chi connectivity index (χ1v) is 4.85. The molecule has 0 amide bonds. The molecule has 1 aromatic rings. The van der Waals surface area contributed by atoms with Gasteiger partial charge in [-0.05, 0) is 46.3 Å². The highest BCUT2D eigenvalue weighted by molar-refractivity contribution is 8.21. The van der Waals surface area contributed by atoms with Gasteiger partial charge in [-0.25, -0.2) is 0 Å². The molecule has 0 N–H and O–H groups in total. The minimum atomic E-state index is 0.829. The van der Waals surface area contributed by atoms with Crippen LogP contribution in [-0.4, -0.2) is 7.11 Å². The van der Waals surface area contributed by atoms with E-state index in [1.165, 1.54) is 16.5 Å². The molecule has 0 aliphatic heterocycles. The van der Waals surface area contributed by atoms with Crippen molar-refractivity contribution >= 4 is 21.7 Å². The van der Waals surface area contributed by atoms with E-state index in [0.29, 0.717) is 0 Å². The first-order chi connectivity index (χ1) is 5.27. The topological polar surface area (TPSA) is 9.23 Å². The first-order valence-electron chi connectivity index (χ1n) is 3.21. The molecule has 60 valence electrons. The summed E-state index contributed by atoms with van der Waals surface area (Å²) in [6, 6.07) is 5.91. The zero-order valence-electron chi connectivity index (χ0n) is 6.43. The molecule has 0 unspecified atom stereocenters. The predicted octanol–water partition coefficient (Wildman–Crippen LogP) is 3.25.